The van der Waals surface area contributed by atoms with Crippen LogP contribution >= 0.6 is 8.53 Å². The van der Waals surface area contributed by atoms with E-state index in [1.54, 1.807) is 0 Å². The third kappa shape index (κ3) is 3.10. The van der Waals surface area contributed by atoms with Crippen LogP contribution in [0.2, 0.25) is 0 Å². The maximum absolute atomic E-state index is 5.98. The first-order chi connectivity index (χ1) is 8.59. The summed E-state index contributed by atoms with van der Waals surface area (Å²) in [5.74, 6) is 0. The molecule has 1 aromatic rings. The predicted octanol–water partition coefficient (Wildman–Crippen LogP) is 4.08. The normalized spacial score (nSPS) is 17.3. The molecule has 100 valence electrons. The van der Waals surface area contributed by atoms with Gasteiger partial charge in [0.25, 0.3) is 8.53 Å². The fourth-order valence-electron chi connectivity index (χ4n) is 2.23. The molecule has 0 fully saturated rings. The summed E-state index contributed by atoms with van der Waals surface area (Å²) in [6, 6.07) is 9.20. The number of nitrogens with zero attached hydrogens (tertiary/aromatic N) is 1. The largest absolute Gasteiger partial charge is 0.317 e. The molecule has 18 heavy (non-hydrogen) atoms. The fraction of sp³-hybridized carbons (Fsp3) is 0.571. The van der Waals surface area contributed by atoms with Gasteiger partial charge in [-0.1, -0.05) is 24.3 Å². The number of rotatable bonds is 3. The molecule has 1 aliphatic rings. The van der Waals surface area contributed by atoms with Gasteiger partial charge in [0, 0.05) is 12.1 Å². The summed E-state index contributed by atoms with van der Waals surface area (Å²) >= 11 is 0. The van der Waals surface area contributed by atoms with Gasteiger partial charge in [-0.3, -0.25) is 0 Å². The average Bonchev–Trinajstić information content (AvgIpc) is 2.52. The third-order valence-corrected chi connectivity index (χ3v) is 5.03. The first kappa shape index (κ1) is 14.0. The molecule has 0 saturated heterocycles. The van der Waals surface area contributed by atoms with Gasteiger partial charge in [0.2, 0.25) is 0 Å². The molecule has 1 aromatic carbocycles. The Labute approximate surface area is 111 Å². The second-order valence-corrected chi connectivity index (χ2v) is 6.57. The Balaban J connectivity index is 2.11. The second kappa shape index (κ2) is 6.12. The summed E-state index contributed by atoms with van der Waals surface area (Å²) in [7, 11) is -0.954. The molecule has 0 aliphatic carbocycles. The highest BCUT2D eigenvalue weighted by Crippen LogP contribution is 2.48. The van der Waals surface area contributed by atoms with Crippen molar-refractivity contribution in [3.05, 3.63) is 35.4 Å². The van der Waals surface area contributed by atoms with E-state index >= 15 is 0 Å². The summed E-state index contributed by atoms with van der Waals surface area (Å²) < 4.78 is 14.3. The highest BCUT2D eigenvalue weighted by molar-refractivity contribution is 7.44. The summed E-state index contributed by atoms with van der Waals surface area (Å²) in [5.41, 5.74) is 2.49. The molecule has 3 nitrogen and oxygen atoms in total. The van der Waals surface area contributed by atoms with Crippen molar-refractivity contribution >= 4 is 8.53 Å². The van der Waals surface area contributed by atoms with Crippen LogP contribution in [0.1, 0.15) is 38.8 Å². The van der Waals surface area contributed by atoms with Gasteiger partial charge in [0.05, 0.1) is 13.2 Å². The van der Waals surface area contributed by atoms with Crippen molar-refractivity contribution < 1.29 is 9.05 Å². The van der Waals surface area contributed by atoms with Crippen LogP contribution in [0.5, 0.6) is 0 Å². The Morgan fingerprint density at radius 3 is 1.78 bits per heavy atom. The third-order valence-electron chi connectivity index (χ3n) is 3.03. The maximum atomic E-state index is 5.98. The monoisotopic (exact) mass is 267 g/mol. The zero-order valence-corrected chi connectivity index (χ0v) is 12.5. The van der Waals surface area contributed by atoms with Gasteiger partial charge >= 0.3 is 0 Å². The lowest BCUT2D eigenvalue weighted by molar-refractivity contribution is 0.175. The molecular formula is C14H22NO2P. The van der Waals surface area contributed by atoms with Gasteiger partial charge < -0.3 is 9.05 Å². The van der Waals surface area contributed by atoms with Gasteiger partial charge in [-0.15, -0.1) is 0 Å². The van der Waals surface area contributed by atoms with E-state index in [1.165, 1.54) is 11.1 Å². The number of hydrogen-bond acceptors (Lipinski definition) is 3. The zero-order chi connectivity index (χ0) is 13.1. The van der Waals surface area contributed by atoms with Crippen LogP contribution in [0.3, 0.4) is 0 Å². The topological polar surface area (TPSA) is 21.7 Å². The second-order valence-electron chi connectivity index (χ2n) is 5.12. The quantitative estimate of drug-likeness (QED) is 0.770. The Morgan fingerprint density at radius 2 is 1.39 bits per heavy atom. The molecule has 0 amide bonds. The van der Waals surface area contributed by atoms with Crippen molar-refractivity contribution in [1.29, 1.82) is 0 Å². The van der Waals surface area contributed by atoms with Crippen LogP contribution in [0.15, 0.2) is 24.3 Å². The first-order valence-corrected chi connectivity index (χ1v) is 7.63. The number of fused-ring (bicyclic) bond motifs is 1. The van der Waals surface area contributed by atoms with Gasteiger partial charge in [-0.05, 0) is 38.8 Å². The lowest BCUT2D eigenvalue weighted by Crippen LogP contribution is -2.33. The molecule has 0 bridgehead atoms. The molecule has 2 rings (SSSR count). The number of benzene rings is 1. The predicted molar refractivity (Wildman–Crippen MR) is 75.1 cm³/mol. The molecule has 1 aliphatic heterocycles. The first-order valence-electron chi connectivity index (χ1n) is 6.50. The highest BCUT2D eigenvalue weighted by atomic mass is 31.2. The van der Waals surface area contributed by atoms with Gasteiger partial charge in [0.1, 0.15) is 0 Å². The Morgan fingerprint density at radius 1 is 0.944 bits per heavy atom. The van der Waals surface area contributed by atoms with E-state index in [0.717, 1.165) is 0 Å². The molecule has 0 unspecified atom stereocenters. The van der Waals surface area contributed by atoms with Gasteiger partial charge in [0.15, 0.2) is 0 Å². The van der Waals surface area contributed by atoms with E-state index in [-0.39, 0.29) is 0 Å². The van der Waals surface area contributed by atoms with E-state index in [1.807, 2.05) is 0 Å². The lowest BCUT2D eigenvalue weighted by atomic mass is 10.1. The van der Waals surface area contributed by atoms with Crippen LogP contribution in [-0.4, -0.2) is 16.8 Å². The molecule has 0 N–H and O–H groups in total. The van der Waals surface area contributed by atoms with Crippen molar-refractivity contribution in [2.45, 2.75) is 53.0 Å². The van der Waals surface area contributed by atoms with E-state index in [9.17, 15) is 0 Å². The van der Waals surface area contributed by atoms with Crippen LogP contribution in [0.4, 0.5) is 0 Å². The van der Waals surface area contributed by atoms with Crippen molar-refractivity contribution in [2.75, 3.05) is 0 Å². The van der Waals surface area contributed by atoms with Crippen molar-refractivity contribution in [1.82, 2.24) is 4.67 Å². The van der Waals surface area contributed by atoms with Gasteiger partial charge in [-0.2, -0.15) is 0 Å². The smallest absolute Gasteiger partial charge is 0.259 e. The summed E-state index contributed by atoms with van der Waals surface area (Å²) in [5, 5.41) is 0. The maximum Gasteiger partial charge on any atom is 0.259 e. The minimum absolute atomic E-state index is 0.428. The van der Waals surface area contributed by atoms with Gasteiger partial charge in [-0.25, -0.2) is 4.67 Å². The molecule has 0 aromatic heterocycles. The number of hydrogen-bond donors (Lipinski definition) is 0. The summed E-state index contributed by atoms with van der Waals surface area (Å²) in [6.07, 6.45) is 0. The molecule has 0 radical (unpaired) electrons. The average molecular weight is 267 g/mol. The molecule has 0 spiro atoms. The van der Waals surface area contributed by atoms with Crippen LogP contribution in [-0.2, 0) is 22.3 Å². The van der Waals surface area contributed by atoms with Crippen LogP contribution in [0, 0.1) is 0 Å². The lowest BCUT2D eigenvalue weighted by Gasteiger charge is -2.34. The van der Waals surface area contributed by atoms with E-state index in [2.05, 4.69) is 56.6 Å². The van der Waals surface area contributed by atoms with Crippen molar-refractivity contribution in [3.8, 4) is 0 Å². The molecule has 1 heterocycles. The Hall–Kier alpha value is -0.470. The SMILES string of the molecule is CC(C)N(C(C)C)P1OCc2ccccc2CO1. The minimum atomic E-state index is -0.954. The van der Waals surface area contributed by atoms with E-state index in [4.69, 9.17) is 9.05 Å². The summed E-state index contributed by atoms with van der Waals surface area (Å²) in [6.45, 7) is 10.1. The summed E-state index contributed by atoms with van der Waals surface area (Å²) in [4.78, 5) is 0. The Kier molecular flexibility index (Phi) is 4.74. The van der Waals surface area contributed by atoms with Crippen LogP contribution in [0.25, 0.3) is 0 Å². The van der Waals surface area contributed by atoms with E-state index < -0.39 is 8.53 Å². The van der Waals surface area contributed by atoms with E-state index in [0.29, 0.717) is 25.3 Å². The molecule has 0 saturated carbocycles. The standard InChI is InChI=1S/C14H22NO2P/c1-11(2)15(12(3)4)18-16-9-13-7-5-6-8-14(13)10-17-18/h5-8,11-12H,9-10H2,1-4H3. The zero-order valence-electron chi connectivity index (χ0n) is 11.6. The molecule has 0 atom stereocenters. The Bertz CT molecular complexity index is 360. The minimum Gasteiger partial charge on any atom is -0.317 e. The molecular weight excluding hydrogens is 245 g/mol. The van der Waals surface area contributed by atoms with Crippen LogP contribution < -0.4 is 0 Å². The highest BCUT2D eigenvalue weighted by Gasteiger charge is 2.29. The molecule has 4 heteroatoms. The van der Waals surface area contributed by atoms with Crippen molar-refractivity contribution in [2.24, 2.45) is 0 Å². The van der Waals surface area contributed by atoms with Crippen molar-refractivity contribution in [3.63, 3.8) is 0 Å². The fourth-order valence-corrected chi connectivity index (χ4v) is 3.83.